The van der Waals surface area contributed by atoms with Gasteiger partial charge in [0.2, 0.25) is 5.91 Å². The molecule has 7 nitrogen and oxygen atoms in total. The summed E-state index contributed by atoms with van der Waals surface area (Å²) < 4.78 is 3.39. The van der Waals surface area contributed by atoms with Crippen molar-refractivity contribution in [3.05, 3.63) is 105 Å². The first kappa shape index (κ1) is 25.6. The van der Waals surface area contributed by atoms with Crippen molar-refractivity contribution in [3.8, 4) is 16.9 Å². The van der Waals surface area contributed by atoms with Crippen LogP contribution >= 0.6 is 11.3 Å². The Morgan fingerprint density at radius 1 is 1.00 bits per heavy atom. The summed E-state index contributed by atoms with van der Waals surface area (Å²) in [7, 11) is 0. The topological polar surface area (TPSA) is 81.3 Å². The molecule has 0 aliphatic rings. The van der Waals surface area contributed by atoms with Gasteiger partial charge >= 0.3 is 0 Å². The predicted octanol–water partition coefficient (Wildman–Crippen LogP) is 5.77. The lowest BCUT2D eigenvalue weighted by atomic mass is 10.0. The highest BCUT2D eigenvalue weighted by Gasteiger charge is 2.20. The number of aryl methyl sites for hydroxylation is 2. The van der Waals surface area contributed by atoms with E-state index in [0.29, 0.717) is 33.5 Å². The van der Waals surface area contributed by atoms with Gasteiger partial charge in [-0.25, -0.2) is 9.67 Å². The molecule has 0 unspecified atom stereocenters. The number of hydrogen-bond acceptors (Lipinski definition) is 5. The van der Waals surface area contributed by atoms with Crippen LogP contribution < -0.4 is 10.9 Å². The molecule has 0 spiro atoms. The number of thiazole rings is 1. The first-order valence-electron chi connectivity index (χ1n) is 12.7. The lowest BCUT2D eigenvalue weighted by Gasteiger charge is -2.14. The smallest absolute Gasteiger partial charge is 0.268 e. The van der Waals surface area contributed by atoms with Gasteiger partial charge in [-0.15, -0.1) is 11.3 Å². The number of carbonyl (C=O) groups excluding carboxylic acids is 1. The number of amides is 1. The van der Waals surface area contributed by atoms with E-state index in [1.165, 1.54) is 16.9 Å². The number of fused-ring (bicyclic) bond motifs is 1. The number of carbonyl (C=O) groups is 1. The first-order valence-corrected chi connectivity index (χ1v) is 13.6. The van der Waals surface area contributed by atoms with Gasteiger partial charge in [0.1, 0.15) is 5.69 Å². The number of aromatic nitrogens is 4. The molecule has 38 heavy (non-hydrogen) atoms. The van der Waals surface area contributed by atoms with Gasteiger partial charge in [0.05, 0.1) is 29.4 Å². The van der Waals surface area contributed by atoms with E-state index in [4.69, 9.17) is 10.1 Å². The molecule has 1 N–H and O–H groups in total. The van der Waals surface area contributed by atoms with Crippen LogP contribution in [0.25, 0.3) is 21.9 Å². The van der Waals surface area contributed by atoms with E-state index < -0.39 is 0 Å². The molecule has 0 aliphatic carbocycles. The van der Waals surface area contributed by atoms with Gasteiger partial charge in [0, 0.05) is 16.8 Å². The molecule has 194 valence electrons. The molecular formula is C30H31N5O2S. The molecule has 3 aromatic heterocycles. The Bertz CT molecular complexity index is 1660. The van der Waals surface area contributed by atoms with Crippen LogP contribution in [0.5, 0.6) is 0 Å². The summed E-state index contributed by atoms with van der Waals surface area (Å²) in [5.74, 6) is 0.294. The third-order valence-corrected chi connectivity index (χ3v) is 7.66. The summed E-state index contributed by atoms with van der Waals surface area (Å²) >= 11 is 1.36. The zero-order chi connectivity index (χ0) is 27.0. The number of nitrogens with one attached hydrogen (secondary N) is 1. The Balaban J connectivity index is 1.46. The van der Waals surface area contributed by atoms with Gasteiger partial charge in [-0.05, 0) is 56.0 Å². The number of nitrogens with zero attached hydrogens (tertiary/aromatic N) is 4. The summed E-state index contributed by atoms with van der Waals surface area (Å²) in [6, 6.07) is 19.9. The summed E-state index contributed by atoms with van der Waals surface area (Å²) in [6.45, 7) is 10.1. The van der Waals surface area contributed by atoms with E-state index in [-0.39, 0.29) is 23.9 Å². The van der Waals surface area contributed by atoms with E-state index in [0.717, 1.165) is 16.9 Å². The highest BCUT2D eigenvalue weighted by Crippen LogP contribution is 2.24. The molecule has 5 rings (SSSR count). The Labute approximate surface area is 225 Å². The predicted molar refractivity (Wildman–Crippen MR) is 152 cm³/mol. The summed E-state index contributed by atoms with van der Waals surface area (Å²) in [5, 5.41) is 9.65. The second-order valence-corrected chi connectivity index (χ2v) is 10.8. The molecule has 0 saturated heterocycles. The second-order valence-electron chi connectivity index (χ2n) is 9.93. The molecule has 0 radical (unpaired) electrons. The lowest BCUT2D eigenvalue weighted by Crippen LogP contribution is -2.29. The van der Waals surface area contributed by atoms with Crippen molar-refractivity contribution in [2.45, 2.75) is 53.0 Å². The van der Waals surface area contributed by atoms with Crippen LogP contribution in [-0.4, -0.2) is 25.1 Å². The monoisotopic (exact) mass is 525 g/mol. The van der Waals surface area contributed by atoms with E-state index in [2.05, 4.69) is 31.3 Å². The van der Waals surface area contributed by atoms with Crippen molar-refractivity contribution in [3.63, 3.8) is 0 Å². The largest absolute Gasteiger partial charge is 0.349 e. The molecule has 0 saturated carbocycles. The molecule has 1 amide bonds. The van der Waals surface area contributed by atoms with Gasteiger partial charge in [-0.1, -0.05) is 56.3 Å². The van der Waals surface area contributed by atoms with Gasteiger partial charge < -0.3 is 5.32 Å². The maximum Gasteiger partial charge on any atom is 0.268 e. The highest BCUT2D eigenvalue weighted by molar-refractivity contribution is 7.15. The van der Waals surface area contributed by atoms with Crippen LogP contribution in [0.1, 0.15) is 60.9 Å². The summed E-state index contributed by atoms with van der Waals surface area (Å²) in [4.78, 5) is 31.9. The molecule has 0 fully saturated rings. The number of benzene rings is 2. The third-order valence-electron chi connectivity index (χ3n) is 6.79. The van der Waals surface area contributed by atoms with Crippen LogP contribution in [-0.2, 0) is 11.2 Å². The van der Waals surface area contributed by atoms with Crippen LogP contribution in [0.3, 0.4) is 0 Å². The molecule has 2 aromatic carbocycles. The van der Waals surface area contributed by atoms with Crippen molar-refractivity contribution in [1.82, 2.24) is 24.5 Å². The van der Waals surface area contributed by atoms with Gasteiger partial charge in [0.15, 0.2) is 4.96 Å². The Hall–Kier alpha value is -4.04. The molecule has 8 heteroatoms. The van der Waals surface area contributed by atoms with Crippen LogP contribution in [0.4, 0.5) is 0 Å². The highest BCUT2D eigenvalue weighted by atomic mass is 32.1. The van der Waals surface area contributed by atoms with Crippen molar-refractivity contribution in [2.24, 2.45) is 0 Å². The van der Waals surface area contributed by atoms with Crippen molar-refractivity contribution in [2.75, 3.05) is 0 Å². The third kappa shape index (κ3) is 4.91. The Morgan fingerprint density at radius 3 is 2.39 bits per heavy atom. The summed E-state index contributed by atoms with van der Waals surface area (Å²) in [6.07, 6.45) is 0.0803. The number of rotatable bonds is 7. The minimum absolute atomic E-state index is 0.0803. The second kappa shape index (κ2) is 10.4. The molecule has 5 aromatic rings. The standard InChI is InChI=1S/C30H31N5O2S/c1-18(2)22-11-13-24(14-12-22)35-19(3)15-26(33-35)28-21(5)32-30-34(29(28)37)25(17-38-30)16-27(36)31-20(4)23-9-7-6-8-10-23/h6-15,17-18,20H,16H2,1-5H3,(H,31,36)/t20-/m1/s1. The lowest BCUT2D eigenvalue weighted by molar-refractivity contribution is -0.121. The average molecular weight is 526 g/mol. The van der Waals surface area contributed by atoms with E-state index >= 15 is 0 Å². The molecule has 1 atom stereocenters. The average Bonchev–Trinajstić information content (AvgIpc) is 3.47. The van der Waals surface area contributed by atoms with E-state index in [1.807, 2.05) is 79.4 Å². The SMILES string of the molecule is Cc1nc2scc(CC(=O)N[C@H](C)c3ccccc3)n2c(=O)c1-c1cc(C)n(-c2ccc(C(C)C)cc2)n1. The fraction of sp³-hybridized carbons (Fsp3) is 0.267. The zero-order valence-corrected chi connectivity index (χ0v) is 23.0. The van der Waals surface area contributed by atoms with Gasteiger partial charge in [-0.2, -0.15) is 5.10 Å². The summed E-state index contributed by atoms with van der Waals surface area (Å²) in [5.41, 5.74) is 6.17. The molecule has 0 aliphatic heterocycles. The van der Waals surface area contributed by atoms with Crippen LogP contribution in [0, 0.1) is 13.8 Å². The van der Waals surface area contributed by atoms with Crippen molar-refractivity contribution >= 4 is 22.2 Å². The van der Waals surface area contributed by atoms with Gasteiger partial charge in [-0.3, -0.25) is 14.0 Å². The zero-order valence-electron chi connectivity index (χ0n) is 22.2. The fourth-order valence-corrected chi connectivity index (χ4v) is 5.59. The fourth-order valence-electron chi connectivity index (χ4n) is 4.66. The van der Waals surface area contributed by atoms with E-state index in [9.17, 15) is 9.59 Å². The number of hydrogen-bond donors (Lipinski definition) is 1. The first-order chi connectivity index (χ1) is 18.2. The molecular weight excluding hydrogens is 494 g/mol. The Morgan fingerprint density at radius 2 is 1.71 bits per heavy atom. The van der Waals surface area contributed by atoms with Gasteiger partial charge in [0.25, 0.3) is 5.56 Å². The molecule has 0 bridgehead atoms. The molecule has 3 heterocycles. The van der Waals surface area contributed by atoms with E-state index in [1.54, 1.807) is 4.40 Å². The quantitative estimate of drug-likeness (QED) is 0.293. The van der Waals surface area contributed by atoms with Crippen LogP contribution in [0.2, 0.25) is 0 Å². The normalized spacial score (nSPS) is 12.3. The van der Waals surface area contributed by atoms with Crippen molar-refractivity contribution < 1.29 is 4.79 Å². The maximum atomic E-state index is 13.8. The Kier molecular flexibility index (Phi) is 6.99. The minimum Gasteiger partial charge on any atom is -0.349 e. The maximum absolute atomic E-state index is 13.8. The minimum atomic E-state index is -0.215. The van der Waals surface area contributed by atoms with Crippen molar-refractivity contribution in [1.29, 1.82) is 0 Å². The van der Waals surface area contributed by atoms with Crippen LogP contribution in [0.15, 0.2) is 70.8 Å².